The molecule has 2 rings (SSSR count). The minimum Gasteiger partial charge on any atom is -0.390 e. The van der Waals surface area contributed by atoms with Gasteiger partial charge in [-0.05, 0) is 29.0 Å². The lowest BCUT2D eigenvalue weighted by Crippen LogP contribution is -2.10. The van der Waals surface area contributed by atoms with Crippen LogP contribution in [-0.4, -0.2) is 0 Å². The van der Waals surface area contributed by atoms with Crippen molar-refractivity contribution in [1.82, 2.24) is 0 Å². The summed E-state index contributed by atoms with van der Waals surface area (Å²) in [6.07, 6.45) is 1.05. The van der Waals surface area contributed by atoms with E-state index in [0.717, 1.165) is 11.4 Å². The number of nitrogens with two attached hydrogens (primary N) is 1. The maximum Gasteiger partial charge on any atom is 0.0938 e. The zero-order valence-electron chi connectivity index (χ0n) is 11.6. The minimum atomic E-state index is 0.202. The molecule has 0 radical (unpaired) electrons. The molecule has 2 N–H and O–H groups in total. The van der Waals surface area contributed by atoms with Crippen molar-refractivity contribution in [1.29, 1.82) is 0 Å². The van der Waals surface area contributed by atoms with Gasteiger partial charge in [0.2, 0.25) is 0 Å². The Bertz CT molecular complexity index is 529. The lowest BCUT2D eigenvalue weighted by molar-refractivity contribution is 0.590. The van der Waals surface area contributed by atoms with E-state index in [1.807, 2.05) is 0 Å². The van der Waals surface area contributed by atoms with Crippen molar-refractivity contribution >= 4 is 16.3 Å². The van der Waals surface area contributed by atoms with Crippen molar-refractivity contribution < 1.29 is 0 Å². The molecule has 0 amide bonds. The molecule has 0 bridgehead atoms. The van der Waals surface area contributed by atoms with Crippen molar-refractivity contribution in [3.05, 3.63) is 40.8 Å². The summed E-state index contributed by atoms with van der Waals surface area (Å²) in [7, 11) is 0. The second kappa shape index (κ2) is 4.77. The van der Waals surface area contributed by atoms with Gasteiger partial charge in [0.15, 0.2) is 0 Å². The summed E-state index contributed by atoms with van der Waals surface area (Å²) >= 11 is 1.70. The van der Waals surface area contributed by atoms with Gasteiger partial charge in [-0.1, -0.05) is 52.0 Å². The quantitative estimate of drug-likeness (QED) is 0.819. The van der Waals surface area contributed by atoms with E-state index < -0.39 is 0 Å². The molecule has 1 nitrogen and oxygen atoms in total. The van der Waals surface area contributed by atoms with Gasteiger partial charge in [0.05, 0.1) is 5.00 Å². The Kier molecular flexibility index (Phi) is 3.49. The van der Waals surface area contributed by atoms with Crippen LogP contribution in [0.5, 0.6) is 0 Å². The van der Waals surface area contributed by atoms with Gasteiger partial charge in [-0.25, -0.2) is 0 Å². The number of hydrogen-bond acceptors (Lipinski definition) is 2. The van der Waals surface area contributed by atoms with Crippen molar-refractivity contribution in [2.45, 2.75) is 39.5 Å². The predicted octanol–water partition coefficient (Wildman–Crippen LogP) is 4.86. The fourth-order valence-electron chi connectivity index (χ4n) is 2.01. The zero-order valence-corrected chi connectivity index (χ0v) is 12.4. The van der Waals surface area contributed by atoms with Crippen molar-refractivity contribution in [3.8, 4) is 11.1 Å². The highest BCUT2D eigenvalue weighted by atomic mass is 32.1. The first kappa shape index (κ1) is 13.2. The van der Waals surface area contributed by atoms with Crippen LogP contribution in [-0.2, 0) is 11.8 Å². The molecule has 0 saturated heterocycles. The molecule has 0 unspecified atom stereocenters. The highest BCUT2D eigenvalue weighted by molar-refractivity contribution is 7.16. The highest BCUT2D eigenvalue weighted by Gasteiger charge is 2.14. The van der Waals surface area contributed by atoms with E-state index in [9.17, 15) is 0 Å². The molecule has 0 aliphatic rings. The fourth-order valence-corrected chi connectivity index (χ4v) is 2.90. The third kappa shape index (κ3) is 2.59. The van der Waals surface area contributed by atoms with E-state index in [1.54, 1.807) is 11.3 Å². The third-order valence-corrected chi connectivity index (χ3v) is 4.33. The van der Waals surface area contributed by atoms with E-state index in [-0.39, 0.29) is 5.41 Å². The summed E-state index contributed by atoms with van der Waals surface area (Å²) in [6, 6.07) is 11.0. The van der Waals surface area contributed by atoms with Crippen molar-refractivity contribution in [2.24, 2.45) is 0 Å². The van der Waals surface area contributed by atoms with E-state index in [1.165, 1.54) is 21.6 Å². The highest BCUT2D eigenvalue weighted by Crippen LogP contribution is 2.35. The van der Waals surface area contributed by atoms with Crippen LogP contribution < -0.4 is 5.73 Å². The predicted molar refractivity (Wildman–Crippen MR) is 82.2 cm³/mol. The van der Waals surface area contributed by atoms with Gasteiger partial charge in [0, 0.05) is 10.4 Å². The Hall–Kier alpha value is -1.28. The largest absolute Gasteiger partial charge is 0.390 e. The van der Waals surface area contributed by atoms with Gasteiger partial charge in [0.1, 0.15) is 0 Å². The van der Waals surface area contributed by atoms with E-state index in [2.05, 4.69) is 58.0 Å². The van der Waals surface area contributed by atoms with Crippen LogP contribution in [0.2, 0.25) is 0 Å². The maximum atomic E-state index is 6.09. The summed E-state index contributed by atoms with van der Waals surface area (Å²) in [4.78, 5) is 1.35. The molecule has 96 valence electrons. The Balaban J connectivity index is 2.37. The summed E-state index contributed by atoms with van der Waals surface area (Å²) in [5.74, 6) is 0. The summed E-state index contributed by atoms with van der Waals surface area (Å²) in [5.41, 5.74) is 10.0. The fraction of sp³-hybridized carbons (Fsp3) is 0.375. The van der Waals surface area contributed by atoms with Crippen LogP contribution in [0.1, 0.15) is 38.1 Å². The third-order valence-electron chi connectivity index (χ3n) is 3.22. The van der Waals surface area contributed by atoms with Crippen LogP contribution in [0, 0.1) is 0 Å². The lowest BCUT2D eigenvalue weighted by Gasteiger charge is -2.19. The number of thiophene rings is 1. The molecule has 2 heteroatoms. The van der Waals surface area contributed by atoms with Gasteiger partial charge in [-0.3, -0.25) is 0 Å². The average Bonchev–Trinajstić information content (AvgIpc) is 2.70. The van der Waals surface area contributed by atoms with Gasteiger partial charge in [-0.2, -0.15) is 0 Å². The topological polar surface area (TPSA) is 26.0 Å². The molecule has 0 aliphatic heterocycles. The molecular weight excluding hydrogens is 238 g/mol. The molecule has 0 fully saturated rings. The van der Waals surface area contributed by atoms with Gasteiger partial charge in [-0.15, -0.1) is 11.3 Å². The second-order valence-electron chi connectivity index (χ2n) is 5.67. The molecule has 1 aromatic carbocycles. The van der Waals surface area contributed by atoms with Gasteiger partial charge in [0.25, 0.3) is 0 Å². The molecule has 1 heterocycles. The molecule has 1 aromatic heterocycles. The standard InChI is InChI=1S/C16H21NS/c1-5-13-10-14(15(17)18-13)11-6-8-12(9-7-11)16(2,3)4/h6-10H,5,17H2,1-4H3. The first-order valence-electron chi connectivity index (χ1n) is 6.41. The Morgan fingerprint density at radius 2 is 1.72 bits per heavy atom. The lowest BCUT2D eigenvalue weighted by atomic mass is 9.86. The van der Waals surface area contributed by atoms with Crippen LogP contribution in [0.4, 0.5) is 5.00 Å². The van der Waals surface area contributed by atoms with E-state index >= 15 is 0 Å². The monoisotopic (exact) mass is 259 g/mol. The first-order valence-corrected chi connectivity index (χ1v) is 7.22. The average molecular weight is 259 g/mol. The number of benzene rings is 1. The molecule has 0 atom stereocenters. The van der Waals surface area contributed by atoms with Crippen LogP contribution in [0.3, 0.4) is 0 Å². The second-order valence-corrected chi connectivity index (χ2v) is 6.84. The SMILES string of the molecule is CCc1cc(-c2ccc(C(C)(C)C)cc2)c(N)s1. The smallest absolute Gasteiger partial charge is 0.0938 e. The van der Waals surface area contributed by atoms with Gasteiger partial charge < -0.3 is 5.73 Å². The normalized spacial score (nSPS) is 11.8. The molecule has 2 aromatic rings. The molecular formula is C16H21NS. The number of hydrogen-bond donors (Lipinski definition) is 1. The van der Waals surface area contributed by atoms with Crippen LogP contribution >= 0.6 is 11.3 Å². The van der Waals surface area contributed by atoms with Crippen LogP contribution in [0.25, 0.3) is 11.1 Å². The number of anilines is 1. The number of rotatable bonds is 2. The van der Waals surface area contributed by atoms with Crippen molar-refractivity contribution in [2.75, 3.05) is 5.73 Å². The van der Waals surface area contributed by atoms with Crippen LogP contribution in [0.15, 0.2) is 30.3 Å². The number of nitrogen functional groups attached to an aromatic ring is 1. The minimum absolute atomic E-state index is 0.202. The Labute approximate surface area is 114 Å². The molecule has 18 heavy (non-hydrogen) atoms. The molecule has 0 saturated carbocycles. The molecule has 0 aliphatic carbocycles. The Morgan fingerprint density at radius 1 is 1.11 bits per heavy atom. The summed E-state index contributed by atoms with van der Waals surface area (Å²) < 4.78 is 0. The van der Waals surface area contributed by atoms with E-state index in [0.29, 0.717) is 0 Å². The van der Waals surface area contributed by atoms with E-state index in [4.69, 9.17) is 5.73 Å². The summed E-state index contributed by atoms with van der Waals surface area (Å²) in [5, 5.41) is 0.926. The zero-order chi connectivity index (χ0) is 13.3. The van der Waals surface area contributed by atoms with Gasteiger partial charge >= 0.3 is 0 Å². The Morgan fingerprint density at radius 3 is 2.17 bits per heavy atom. The maximum absolute atomic E-state index is 6.09. The first-order chi connectivity index (χ1) is 8.41. The molecule has 0 spiro atoms. The number of aryl methyl sites for hydroxylation is 1. The van der Waals surface area contributed by atoms with Crippen molar-refractivity contribution in [3.63, 3.8) is 0 Å². The summed E-state index contributed by atoms with van der Waals surface area (Å²) in [6.45, 7) is 8.86.